The molecule has 29 heavy (non-hydrogen) atoms. The zero-order valence-electron chi connectivity index (χ0n) is 17.7. The summed E-state index contributed by atoms with van der Waals surface area (Å²) in [5.74, 6) is -0.202. The normalized spacial score (nSPS) is 22.1. The number of nitrogens with zero attached hydrogens (tertiary/aromatic N) is 4. The summed E-state index contributed by atoms with van der Waals surface area (Å²) in [6.45, 7) is 9.53. The molecule has 0 saturated carbocycles. The van der Waals surface area contributed by atoms with Gasteiger partial charge >= 0.3 is 6.09 Å². The van der Waals surface area contributed by atoms with Crippen LogP contribution in [0.4, 0.5) is 4.79 Å². The highest BCUT2D eigenvalue weighted by Gasteiger charge is 2.44. The van der Waals surface area contributed by atoms with E-state index in [2.05, 4.69) is 16.0 Å². The molecule has 0 unspecified atom stereocenters. The molecular weight excluding hydrogens is 364 g/mol. The van der Waals surface area contributed by atoms with Gasteiger partial charge in [-0.1, -0.05) is 12.1 Å². The van der Waals surface area contributed by atoms with Gasteiger partial charge in [0, 0.05) is 12.4 Å². The van der Waals surface area contributed by atoms with Gasteiger partial charge in [0.15, 0.2) is 0 Å². The predicted molar refractivity (Wildman–Crippen MR) is 110 cm³/mol. The van der Waals surface area contributed by atoms with Crippen LogP contribution < -0.4 is 0 Å². The number of ether oxygens (including phenoxy) is 1. The number of amides is 1. The summed E-state index contributed by atoms with van der Waals surface area (Å²) in [7, 11) is 0. The third-order valence-corrected chi connectivity index (χ3v) is 5.21. The zero-order chi connectivity index (χ0) is 21.2. The van der Waals surface area contributed by atoms with Crippen LogP contribution in [0.15, 0.2) is 36.7 Å². The highest BCUT2D eigenvalue weighted by atomic mass is 16.6. The van der Waals surface area contributed by atoms with Gasteiger partial charge in [-0.3, -0.25) is 14.9 Å². The smallest absolute Gasteiger partial charge is 0.411 e. The lowest BCUT2D eigenvalue weighted by atomic mass is 9.82. The molecule has 6 heteroatoms. The minimum Gasteiger partial charge on any atom is -0.444 e. The molecule has 1 amide bonds. The van der Waals surface area contributed by atoms with Crippen LogP contribution in [0, 0.1) is 31.1 Å². The van der Waals surface area contributed by atoms with Gasteiger partial charge in [-0.05, 0) is 70.7 Å². The van der Waals surface area contributed by atoms with Gasteiger partial charge in [-0.2, -0.15) is 5.26 Å². The Morgan fingerprint density at radius 1 is 1.07 bits per heavy atom. The molecule has 1 saturated heterocycles. The molecule has 2 aromatic rings. The number of carbonyl (C=O) groups is 1. The molecule has 0 bridgehead atoms. The van der Waals surface area contributed by atoms with E-state index in [1.54, 1.807) is 17.3 Å². The average molecular weight is 393 g/mol. The number of aromatic nitrogens is 2. The topological polar surface area (TPSA) is 79.1 Å². The fourth-order valence-electron chi connectivity index (χ4n) is 3.93. The van der Waals surface area contributed by atoms with E-state index < -0.39 is 11.7 Å². The summed E-state index contributed by atoms with van der Waals surface area (Å²) < 4.78 is 5.78. The Bertz CT molecular complexity index is 873. The van der Waals surface area contributed by atoms with E-state index in [9.17, 15) is 10.1 Å². The number of hydrogen-bond donors (Lipinski definition) is 0. The van der Waals surface area contributed by atoms with Crippen molar-refractivity contribution < 1.29 is 9.53 Å². The van der Waals surface area contributed by atoms with Crippen molar-refractivity contribution in [3.05, 3.63) is 59.2 Å². The Morgan fingerprint density at radius 3 is 1.93 bits per heavy atom. The first-order chi connectivity index (χ1) is 13.7. The number of rotatable bonds is 2. The standard InChI is InChI=1S/C23H28N4O2/c1-15-8-6-10-25-20(15)18-12-17(14-24)13-19(21-16(2)9-7-11-26-21)27(18)22(28)29-23(3,4)5/h6-11,17-19H,12-13H2,1-5H3/t17-,18+,19-. The number of aryl methyl sites for hydroxylation is 2. The van der Waals surface area contributed by atoms with Crippen molar-refractivity contribution in [2.45, 2.75) is 65.1 Å². The maximum absolute atomic E-state index is 13.4. The molecule has 0 aliphatic carbocycles. The average Bonchev–Trinajstić information content (AvgIpc) is 2.66. The number of piperidine rings is 1. The number of hydrogen-bond acceptors (Lipinski definition) is 5. The second-order valence-electron chi connectivity index (χ2n) is 8.63. The molecular formula is C23H28N4O2. The molecule has 3 rings (SSSR count). The number of nitriles is 1. The zero-order valence-corrected chi connectivity index (χ0v) is 17.7. The quantitative estimate of drug-likeness (QED) is 0.715. The van der Waals surface area contributed by atoms with Crippen LogP contribution in [0.5, 0.6) is 0 Å². The summed E-state index contributed by atoms with van der Waals surface area (Å²) in [6.07, 6.45) is 4.10. The van der Waals surface area contributed by atoms with Crippen molar-refractivity contribution in [1.29, 1.82) is 5.26 Å². The van der Waals surface area contributed by atoms with Crippen LogP contribution in [-0.4, -0.2) is 26.6 Å². The van der Waals surface area contributed by atoms with Gasteiger partial charge in [0.2, 0.25) is 0 Å². The molecule has 0 radical (unpaired) electrons. The second kappa shape index (κ2) is 8.20. The summed E-state index contributed by atoms with van der Waals surface area (Å²) >= 11 is 0. The molecule has 3 atom stereocenters. The van der Waals surface area contributed by atoms with Crippen molar-refractivity contribution in [2.75, 3.05) is 0 Å². The lowest BCUT2D eigenvalue weighted by Crippen LogP contribution is -2.46. The Balaban J connectivity index is 2.13. The van der Waals surface area contributed by atoms with Crippen LogP contribution in [0.2, 0.25) is 0 Å². The first-order valence-electron chi connectivity index (χ1n) is 9.95. The largest absolute Gasteiger partial charge is 0.444 e. The van der Waals surface area contributed by atoms with Crippen molar-refractivity contribution in [3.63, 3.8) is 0 Å². The van der Waals surface area contributed by atoms with Gasteiger partial charge in [0.05, 0.1) is 35.5 Å². The van der Waals surface area contributed by atoms with E-state index in [-0.39, 0.29) is 18.0 Å². The Morgan fingerprint density at radius 2 is 1.55 bits per heavy atom. The van der Waals surface area contributed by atoms with E-state index in [1.807, 2.05) is 58.9 Å². The first-order valence-corrected chi connectivity index (χ1v) is 9.95. The van der Waals surface area contributed by atoms with Crippen molar-refractivity contribution in [3.8, 4) is 6.07 Å². The lowest BCUT2D eigenvalue weighted by Gasteiger charge is -2.44. The monoisotopic (exact) mass is 392 g/mol. The van der Waals surface area contributed by atoms with Gasteiger partial charge < -0.3 is 4.74 Å². The summed E-state index contributed by atoms with van der Waals surface area (Å²) in [4.78, 5) is 24.3. The maximum Gasteiger partial charge on any atom is 0.411 e. The molecule has 152 valence electrons. The number of carbonyl (C=O) groups excluding carboxylic acids is 1. The lowest BCUT2D eigenvalue weighted by molar-refractivity contribution is -0.0127. The van der Waals surface area contributed by atoms with Crippen LogP contribution in [0.1, 0.15) is 68.2 Å². The van der Waals surface area contributed by atoms with Crippen LogP contribution >= 0.6 is 0 Å². The van der Waals surface area contributed by atoms with Crippen molar-refractivity contribution in [2.24, 2.45) is 5.92 Å². The molecule has 0 aromatic carbocycles. The minimum atomic E-state index is -0.628. The summed E-state index contributed by atoms with van der Waals surface area (Å²) in [5.41, 5.74) is 2.95. The maximum atomic E-state index is 13.4. The molecule has 1 aliphatic rings. The second-order valence-corrected chi connectivity index (χ2v) is 8.63. The Kier molecular flexibility index (Phi) is 5.88. The summed E-state index contributed by atoms with van der Waals surface area (Å²) in [5, 5.41) is 9.74. The molecule has 6 nitrogen and oxygen atoms in total. The van der Waals surface area contributed by atoms with Gasteiger partial charge in [0.25, 0.3) is 0 Å². The molecule has 2 aromatic heterocycles. The van der Waals surface area contributed by atoms with E-state index in [4.69, 9.17) is 4.74 Å². The van der Waals surface area contributed by atoms with E-state index in [0.717, 1.165) is 22.5 Å². The highest BCUT2D eigenvalue weighted by molar-refractivity contribution is 5.70. The number of likely N-dealkylation sites (tertiary alicyclic amines) is 1. The third kappa shape index (κ3) is 4.56. The Hall–Kier alpha value is -2.94. The SMILES string of the molecule is Cc1cccnc1[C@H]1C[C@H](C#N)C[C@@H](c2ncccc2C)N1C(=O)OC(C)(C)C. The number of pyridine rings is 2. The summed E-state index contributed by atoms with van der Waals surface area (Å²) in [6, 6.07) is 9.42. The first kappa shape index (κ1) is 20.8. The van der Waals surface area contributed by atoms with Gasteiger partial charge in [-0.15, -0.1) is 0 Å². The fourth-order valence-corrected chi connectivity index (χ4v) is 3.93. The fraction of sp³-hybridized carbons (Fsp3) is 0.478. The van der Waals surface area contributed by atoms with Crippen LogP contribution in [0.25, 0.3) is 0 Å². The minimum absolute atomic E-state index is 0.202. The van der Waals surface area contributed by atoms with Crippen LogP contribution in [-0.2, 0) is 4.74 Å². The van der Waals surface area contributed by atoms with Crippen LogP contribution in [0.3, 0.4) is 0 Å². The molecule has 3 heterocycles. The van der Waals surface area contributed by atoms with Crippen molar-refractivity contribution >= 4 is 6.09 Å². The van der Waals surface area contributed by atoms with Crippen molar-refractivity contribution in [1.82, 2.24) is 14.9 Å². The van der Waals surface area contributed by atoms with E-state index in [1.165, 1.54) is 0 Å². The Labute approximate surface area is 172 Å². The third-order valence-electron chi connectivity index (χ3n) is 5.21. The molecule has 1 fully saturated rings. The molecule has 0 N–H and O–H groups in total. The van der Waals surface area contributed by atoms with E-state index >= 15 is 0 Å². The highest BCUT2D eigenvalue weighted by Crippen LogP contribution is 2.45. The van der Waals surface area contributed by atoms with E-state index in [0.29, 0.717) is 12.8 Å². The van der Waals surface area contributed by atoms with Gasteiger partial charge in [0.1, 0.15) is 5.60 Å². The predicted octanol–water partition coefficient (Wildman–Crippen LogP) is 5.05. The molecule has 1 aliphatic heterocycles. The molecule has 0 spiro atoms. The van der Waals surface area contributed by atoms with Gasteiger partial charge in [-0.25, -0.2) is 4.79 Å².